The van der Waals surface area contributed by atoms with E-state index >= 15 is 0 Å². The molecule has 0 bridgehead atoms. The van der Waals surface area contributed by atoms with Gasteiger partial charge in [-0.25, -0.2) is 13.1 Å². The number of amides is 1. The van der Waals surface area contributed by atoms with Crippen LogP contribution in [0.1, 0.15) is 50.5 Å². The van der Waals surface area contributed by atoms with Gasteiger partial charge in [0.05, 0.1) is 6.10 Å². The maximum absolute atomic E-state index is 12.3. The standard InChI is InChI=1S/C14H22N2O5S/c1-4-12(20-11-7-5-6-8-11)14(17)16-22(18,19)13-9(2)15-21-10(13)3/h11-12H,4-8H2,1-3H3,(H,16,17)/t12-/m0/s1. The third-order valence-electron chi connectivity index (χ3n) is 3.79. The lowest BCUT2D eigenvalue weighted by Crippen LogP contribution is -2.41. The Morgan fingerprint density at radius 2 is 2.05 bits per heavy atom. The van der Waals surface area contributed by atoms with E-state index in [2.05, 4.69) is 9.88 Å². The quantitative estimate of drug-likeness (QED) is 0.854. The van der Waals surface area contributed by atoms with Crippen LogP contribution < -0.4 is 4.72 Å². The van der Waals surface area contributed by atoms with Gasteiger partial charge in [-0.05, 0) is 33.1 Å². The fraction of sp³-hybridized carbons (Fsp3) is 0.714. The molecular weight excluding hydrogens is 308 g/mol. The van der Waals surface area contributed by atoms with Gasteiger partial charge in [0.2, 0.25) is 0 Å². The van der Waals surface area contributed by atoms with Crippen LogP contribution in [0.4, 0.5) is 0 Å². The summed E-state index contributed by atoms with van der Waals surface area (Å²) in [6.07, 6.45) is 3.69. The Bertz CT molecular complexity index is 612. The first-order valence-corrected chi connectivity index (χ1v) is 8.98. The molecule has 1 aliphatic carbocycles. The Morgan fingerprint density at radius 1 is 1.41 bits per heavy atom. The van der Waals surface area contributed by atoms with Gasteiger partial charge in [-0.2, -0.15) is 0 Å². The third-order valence-corrected chi connectivity index (χ3v) is 5.38. The van der Waals surface area contributed by atoms with Crippen LogP contribution >= 0.6 is 0 Å². The molecule has 1 aliphatic rings. The second kappa shape index (κ2) is 6.78. The zero-order valence-electron chi connectivity index (χ0n) is 13.1. The van der Waals surface area contributed by atoms with Crippen LogP contribution in [0, 0.1) is 13.8 Å². The van der Waals surface area contributed by atoms with Gasteiger partial charge in [0.15, 0.2) is 10.7 Å². The molecule has 1 aromatic rings. The second-order valence-electron chi connectivity index (χ2n) is 5.56. The van der Waals surface area contributed by atoms with Crippen molar-refractivity contribution in [2.45, 2.75) is 70.0 Å². The van der Waals surface area contributed by atoms with E-state index in [0.717, 1.165) is 25.7 Å². The molecule has 0 radical (unpaired) electrons. The van der Waals surface area contributed by atoms with Crippen LogP contribution in [0.3, 0.4) is 0 Å². The molecule has 1 saturated carbocycles. The van der Waals surface area contributed by atoms with Gasteiger partial charge in [-0.3, -0.25) is 4.79 Å². The summed E-state index contributed by atoms with van der Waals surface area (Å²) in [5.74, 6) is -0.489. The van der Waals surface area contributed by atoms with Crippen molar-refractivity contribution in [2.75, 3.05) is 0 Å². The zero-order valence-corrected chi connectivity index (χ0v) is 13.9. The minimum absolute atomic E-state index is 0.0393. The molecule has 0 unspecified atom stereocenters. The van der Waals surface area contributed by atoms with Crippen LogP contribution in [-0.2, 0) is 19.6 Å². The Hall–Kier alpha value is -1.41. The summed E-state index contributed by atoms with van der Waals surface area (Å²) in [6.45, 7) is 4.80. The number of carbonyl (C=O) groups is 1. The fourth-order valence-electron chi connectivity index (χ4n) is 2.71. The number of nitrogens with zero attached hydrogens (tertiary/aromatic N) is 1. The smallest absolute Gasteiger partial charge is 0.269 e. The molecule has 124 valence electrons. The van der Waals surface area contributed by atoms with Crippen LogP contribution in [0.5, 0.6) is 0 Å². The molecule has 22 heavy (non-hydrogen) atoms. The third kappa shape index (κ3) is 3.67. The Balaban J connectivity index is 2.08. The van der Waals surface area contributed by atoms with E-state index in [-0.39, 0.29) is 22.5 Å². The highest BCUT2D eigenvalue weighted by Crippen LogP contribution is 2.23. The number of hydrogen-bond acceptors (Lipinski definition) is 6. The molecule has 1 fully saturated rings. The lowest BCUT2D eigenvalue weighted by Gasteiger charge is -2.20. The minimum Gasteiger partial charge on any atom is -0.365 e. The van der Waals surface area contributed by atoms with Crippen LogP contribution in [0.2, 0.25) is 0 Å². The van der Waals surface area contributed by atoms with Crippen LogP contribution in [-0.4, -0.2) is 31.7 Å². The van der Waals surface area contributed by atoms with Crippen molar-refractivity contribution in [3.63, 3.8) is 0 Å². The Kier molecular flexibility index (Phi) is 5.23. The van der Waals surface area contributed by atoms with Gasteiger partial charge in [0, 0.05) is 0 Å². The Labute approximate surface area is 130 Å². The van der Waals surface area contributed by atoms with Crippen molar-refractivity contribution in [1.82, 2.24) is 9.88 Å². The van der Waals surface area contributed by atoms with E-state index in [9.17, 15) is 13.2 Å². The Morgan fingerprint density at radius 3 is 2.55 bits per heavy atom. The summed E-state index contributed by atoms with van der Waals surface area (Å²) in [7, 11) is -4.00. The lowest BCUT2D eigenvalue weighted by atomic mass is 10.2. The number of nitrogens with one attached hydrogen (secondary N) is 1. The lowest BCUT2D eigenvalue weighted by molar-refractivity contribution is -0.134. The van der Waals surface area contributed by atoms with Crippen molar-refractivity contribution in [1.29, 1.82) is 0 Å². The van der Waals surface area contributed by atoms with Gasteiger partial charge in [0.1, 0.15) is 11.8 Å². The molecule has 0 saturated heterocycles. The highest BCUT2D eigenvalue weighted by Gasteiger charge is 2.30. The van der Waals surface area contributed by atoms with Crippen molar-refractivity contribution in [3.05, 3.63) is 11.5 Å². The molecule has 1 heterocycles. The number of sulfonamides is 1. The first-order chi connectivity index (χ1) is 10.3. The van der Waals surface area contributed by atoms with Crippen LogP contribution in [0.15, 0.2) is 9.42 Å². The van der Waals surface area contributed by atoms with E-state index in [0.29, 0.717) is 6.42 Å². The van der Waals surface area contributed by atoms with Crippen molar-refractivity contribution in [2.24, 2.45) is 0 Å². The van der Waals surface area contributed by atoms with Crippen molar-refractivity contribution < 1.29 is 22.5 Å². The number of aromatic nitrogens is 1. The van der Waals surface area contributed by atoms with Crippen molar-refractivity contribution in [3.8, 4) is 0 Å². The zero-order chi connectivity index (χ0) is 16.3. The maximum atomic E-state index is 12.3. The van der Waals surface area contributed by atoms with Gasteiger partial charge >= 0.3 is 0 Å². The summed E-state index contributed by atoms with van der Waals surface area (Å²) in [5.41, 5.74) is 0.225. The van der Waals surface area contributed by atoms with Gasteiger partial charge in [-0.1, -0.05) is 24.9 Å². The molecule has 8 heteroatoms. The van der Waals surface area contributed by atoms with Gasteiger partial charge in [-0.15, -0.1) is 0 Å². The number of carbonyl (C=O) groups excluding carboxylic acids is 1. The molecule has 0 spiro atoms. The number of ether oxygens (including phenoxy) is 1. The van der Waals surface area contributed by atoms with E-state index in [1.807, 2.05) is 0 Å². The normalized spacial score (nSPS) is 17.6. The van der Waals surface area contributed by atoms with Crippen LogP contribution in [0.25, 0.3) is 0 Å². The summed E-state index contributed by atoms with van der Waals surface area (Å²) >= 11 is 0. The monoisotopic (exact) mass is 330 g/mol. The van der Waals surface area contributed by atoms with E-state index in [4.69, 9.17) is 9.26 Å². The largest absolute Gasteiger partial charge is 0.365 e. The van der Waals surface area contributed by atoms with E-state index in [1.165, 1.54) is 13.8 Å². The van der Waals surface area contributed by atoms with E-state index in [1.54, 1.807) is 6.92 Å². The highest BCUT2D eigenvalue weighted by molar-refractivity contribution is 7.90. The predicted molar refractivity (Wildman–Crippen MR) is 78.7 cm³/mol. The van der Waals surface area contributed by atoms with Gasteiger partial charge in [0.25, 0.3) is 15.9 Å². The average Bonchev–Trinajstić information content (AvgIpc) is 3.05. The van der Waals surface area contributed by atoms with Crippen molar-refractivity contribution >= 4 is 15.9 Å². The first kappa shape index (κ1) is 17.0. The summed E-state index contributed by atoms with van der Waals surface area (Å²) in [6, 6.07) is 0. The highest BCUT2D eigenvalue weighted by atomic mass is 32.2. The topological polar surface area (TPSA) is 98.5 Å². The molecule has 1 atom stereocenters. The predicted octanol–water partition coefficient (Wildman–Crippen LogP) is 1.83. The SMILES string of the molecule is CC[C@H](OC1CCCC1)C(=O)NS(=O)(=O)c1c(C)noc1C. The summed E-state index contributed by atoms with van der Waals surface area (Å²) in [4.78, 5) is 12.1. The number of aryl methyl sites for hydroxylation is 2. The minimum atomic E-state index is -4.00. The van der Waals surface area contributed by atoms with Gasteiger partial charge < -0.3 is 9.26 Å². The maximum Gasteiger partial charge on any atom is 0.269 e. The molecule has 0 aromatic carbocycles. The van der Waals surface area contributed by atoms with E-state index < -0.39 is 22.0 Å². The number of hydrogen-bond donors (Lipinski definition) is 1. The molecule has 2 rings (SSSR count). The summed E-state index contributed by atoms with van der Waals surface area (Å²) < 4.78 is 37.3. The number of rotatable bonds is 6. The molecule has 1 N–H and O–H groups in total. The molecular formula is C14H22N2O5S. The molecule has 0 aliphatic heterocycles. The molecule has 7 nitrogen and oxygen atoms in total. The summed E-state index contributed by atoms with van der Waals surface area (Å²) in [5, 5.41) is 3.60. The first-order valence-electron chi connectivity index (χ1n) is 7.50. The second-order valence-corrected chi connectivity index (χ2v) is 7.18. The fourth-order valence-corrected chi connectivity index (χ4v) is 4.05. The average molecular weight is 330 g/mol. The molecule has 1 aromatic heterocycles. The molecule has 1 amide bonds.